The topological polar surface area (TPSA) is 93.2 Å². The van der Waals surface area contributed by atoms with E-state index in [-0.39, 0.29) is 32.3 Å². The van der Waals surface area contributed by atoms with Crippen molar-refractivity contribution < 1.29 is 28.7 Å². The van der Waals surface area contributed by atoms with E-state index in [2.05, 4.69) is 0 Å². The Balaban J connectivity index is 2.07. The third-order valence-corrected chi connectivity index (χ3v) is 7.77. The number of fused-ring (bicyclic) bond motifs is 5. The average molecular weight is 527 g/mol. The SMILES string of the molecule is COC(=O)C1=CC=C(C(=O)OC)[C@]2(C(=O)N(C)c3ccc(Cl)cc32)[C@@]12C(=O)N(C)c1ccc(Cl)cc12. The highest BCUT2D eigenvalue weighted by Crippen LogP contribution is 2.65. The number of likely N-dealkylation sites (N-methyl/N-ethyl adjacent to an activating group) is 2. The zero-order valence-electron chi connectivity index (χ0n) is 19.7. The number of methoxy groups -OCH3 is 2. The highest BCUT2D eigenvalue weighted by molar-refractivity contribution is 6.33. The monoisotopic (exact) mass is 526 g/mol. The molecular weight excluding hydrogens is 507 g/mol. The number of nitrogens with zero attached hydrogens (tertiary/aromatic N) is 2. The molecule has 2 aliphatic heterocycles. The van der Waals surface area contributed by atoms with Crippen LogP contribution in [-0.4, -0.2) is 52.1 Å². The third-order valence-electron chi connectivity index (χ3n) is 7.30. The van der Waals surface area contributed by atoms with Gasteiger partial charge in [-0.3, -0.25) is 9.59 Å². The van der Waals surface area contributed by atoms with E-state index >= 15 is 0 Å². The minimum absolute atomic E-state index is 0.120. The van der Waals surface area contributed by atoms with Crippen molar-refractivity contribution >= 4 is 58.3 Å². The molecule has 2 aromatic rings. The highest BCUT2D eigenvalue weighted by Gasteiger charge is 2.76. The molecule has 0 bridgehead atoms. The summed E-state index contributed by atoms with van der Waals surface area (Å²) in [6.45, 7) is 0. The van der Waals surface area contributed by atoms with E-state index in [1.807, 2.05) is 0 Å². The Kier molecular flexibility index (Phi) is 5.32. The van der Waals surface area contributed by atoms with Crippen LogP contribution >= 0.6 is 23.2 Å². The molecule has 2 heterocycles. The van der Waals surface area contributed by atoms with Gasteiger partial charge in [0, 0.05) is 35.5 Å². The first-order valence-corrected chi connectivity index (χ1v) is 11.6. The fourth-order valence-corrected chi connectivity index (χ4v) is 6.23. The van der Waals surface area contributed by atoms with Crippen molar-refractivity contribution in [3.63, 3.8) is 0 Å². The van der Waals surface area contributed by atoms with Gasteiger partial charge in [0.1, 0.15) is 10.8 Å². The van der Waals surface area contributed by atoms with Crippen LogP contribution in [0.1, 0.15) is 11.1 Å². The number of amides is 2. The summed E-state index contributed by atoms with van der Waals surface area (Å²) in [4.78, 5) is 58.4. The van der Waals surface area contributed by atoms with E-state index in [9.17, 15) is 19.2 Å². The second-order valence-electron chi connectivity index (χ2n) is 8.70. The van der Waals surface area contributed by atoms with Crippen LogP contribution in [0.5, 0.6) is 0 Å². The molecule has 8 nitrogen and oxygen atoms in total. The van der Waals surface area contributed by atoms with Crippen LogP contribution in [0, 0.1) is 0 Å². The molecule has 10 heteroatoms. The van der Waals surface area contributed by atoms with Crippen LogP contribution < -0.4 is 9.80 Å². The number of benzene rings is 2. The first-order chi connectivity index (χ1) is 17.1. The summed E-state index contributed by atoms with van der Waals surface area (Å²) in [5.41, 5.74) is -2.92. The summed E-state index contributed by atoms with van der Waals surface area (Å²) in [6, 6.07) is 9.53. The van der Waals surface area contributed by atoms with Crippen molar-refractivity contribution in [2.24, 2.45) is 0 Å². The zero-order chi connectivity index (χ0) is 26.2. The van der Waals surface area contributed by atoms with Gasteiger partial charge in [-0.2, -0.15) is 0 Å². The zero-order valence-corrected chi connectivity index (χ0v) is 21.2. The first kappa shape index (κ1) is 24.1. The van der Waals surface area contributed by atoms with Crippen LogP contribution in [0.4, 0.5) is 11.4 Å². The Morgan fingerprint density at radius 1 is 0.722 bits per heavy atom. The minimum Gasteiger partial charge on any atom is -0.466 e. The predicted molar refractivity (Wildman–Crippen MR) is 133 cm³/mol. The molecule has 1 aliphatic carbocycles. The number of carbonyl (C=O) groups is 4. The van der Waals surface area contributed by atoms with E-state index in [1.165, 1.54) is 62.4 Å². The molecule has 0 saturated heterocycles. The van der Waals surface area contributed by atoms with E-state index < -0.39 is 34.6 Å². The molecule has 5 rings (SSSR count). The number of carbonyl (C=O) groups excluding carboxylic acids is 4. The fourth-order valence-electron chi connectivity index (χ4n) is 5.88. The number of hydrogen-bond acceptors (Lipinski definition) is 6. The highest BCUT2D eigenvalue weighted by atomic mass is 35.5. The lowest BCUT2D eigenvalue weighted by molar-refractivity contribution is -0.144. The van der Waals surface area contributed by atoms with Crippen molar-refractivity contribution in [3.8, 4) is 0 Å². The lowest BCUT2D eigenvalue weighted by Gasteiger charge is -2.47. The van der Waals surface area contributed by atoms with Gasteiger partial charge in [-0.15, -0.1) is 0 Å². The number of halogens is 2. The van der Waals surface area contributed by atoms with Gasteiger partial charge in [0.15, 0.2) is 0 Å². The molecule has 0 aromatic heterocycles. The Bertz CT molecular complexity index is 1350. The van der Waals surface area contributed by atoms with Crippen molar-refractivity contribution in [2.45, 2.75) is 10.8 Å². The maximum absolute atomic E-state index is 14.5. The average Bonchev–Trinajstić information content (AvgIpc) is 3.21. The van der Waals surface area contributed by atoms with Crippen molar-refractivity contribution in [3.05, 3.63) is 80.9 Å². The number of rotatable bonds is 2. The van der Waals surface area contributed by atoms with E-state index in [1.54, 1.807) is 24.3 Å². The van der Waals surface area contributed by atoms with Gasteiger partial charge in [-0.25, -0.2) is 9.59 Å². The summed E-state index contributed by atoms with van der Waals surface area (Å²) >= 11 is 12.8. The van der Waals surface area contributed by atoms with Gasteiger partial charge in [-0.1, -0.05) is 23.2 Å². The molecule has 2 atom stereocenters. The van der Waals surface area contributed by atoms with Crippen LogP contribution in [0.3, 0.4) is 0 Å². The van der Waals surface area contributed by atoms with Crippen molar-refractivity contribution in [1.82, 2.24) is 0 Å². The van der Waals surface area contributed by atoms with Crippen LogP contribution in [-0.2, 0) is 39.5 Å². The molecule has 0 fully saturated rings. The molecule has 0 unspecified atom stereocenters. The summed E-state index contributed by atoms with van der Waals surface area (Å²) in [5.74, 6) is -2.90. The molecule has 3 aliphatic rings. The molecule has 0 radical (unpaired) electrons. The lowest BCUT2D eigenvalue weighted by atomic mass is 9.49. The van der Waals surface area contributed by atoms with E-state index in [0.717, 1.165) is 0 Å². The Hall–Kier alpha value is -3.62. The summed E-state index contributed by atoms with van der Waals surface area (Å²) in [6.07, 6.45) is 2.67. The van der Waals surface area contributed by atoms with Gasteiger partial charge < -0.3 is 19.3 Å². The summed E-state index contributed by atoms with van der Waals surface area (Å²) < 4.78 is 10.2. The van der Waals surface area contributed by atoms with Crippen LogP contribution in [0.25, 0.3) is 0 Å². The molecular formula is C26H20Cl2N2O6. The van der Waals surface area contributed by atoms with Crippen LogP contribution in [0.2, 0.25) is 10.0 Å². The van der Waals surface area contributed by atoms with Gasteiger partial charge >= 0.3 is 11.9 Å². The number of esters is 2. The number of ether oxygens (including phenoxy) is 2. The largest absolute Gasteiger partial charge is 0.466 e. The second kappa shape index (κ2) is 7.94. The van der Waals surface area contributed by atoms with Gasteiger partial charge in [0.05, 0.1) is 25.4 Å². The molecule has 2 spiro atoms. The van der Waals surface area contributed by atoms with E-state index in [0.29, 0.717) is 11.4 Å². The molecule has 2 aromatic carbocycles. The summed E-state index contributed by atoms with van der Waals surface area (Å²) in [7, 11) is 5.42. The fraction of sp³-hybridized carbons (Fsp3) is 0.231. The molecule has 0 N–H and O–H groups in total. The predicted octanol–water partition coefficient (Wildman–Crippen LogP) is 3.33. The minimum atomic E-state index is -2.05. The lowest BCUT2D eigenvalue weighted by Crippen LogP contribution is -2.64. The van der Waals surface area contributed by atoms with Gasteiger partial charge in [0.25, 0.3) is 0 Å². The summed E-state index contributed by atoms with van der Waals surface area (Å²) in [5, 5.41) is 0.546. The quantitative estimate of drug-likeness (QED) is 0.557. The molecule has 184 valence electrons. The Labute approximate surface area is 216 Å². The number of allylic oxidation sites excluding steroid dienone is 2. The smallest absolute Gasteiger partial charge is 0.335 e. The number of hydrogen-bond donors (Lipinski definition) is 0. The Morgan fingerprint density at radius 3 is 1.42 bits per heavy atom. The maximum Gasteiger partial charge on any atom is 0.335 e. The second-order valence-corrected chi connectivity index (χ2v) is 9.57. The normalized spacial score (nSPS) is 24.1. The molecule has 36 heavy (non-hydrogen) atoms. The van der Waals surface area contributed by atoms with Gasteiger partial charge in [0.2, 0.25) is 11.8 Å². The van der Waals surface area contributed by atoms with Crippen molar-refractivity contribution in [2.75, 3.05) is 38.1 Å². The third kappa shape index (κ3) is 2.60. The molecule has 2 amide bonds. The standard InChI is InChI=1S/C26H20Cl2N2O6/c1-29-19-9-5-13(27)11-17(19)25(23(29)33)15(21(31)35-3)7-8-16(22(32)36-4)26(25)18-12-14(28)6-10-20(18)30(2)24(26)34/h5-12H,1-4H3/t25-,26-/m0/s1. The Morgan fingerprint density at radius 2 is 1.08 bits per heavy atom. The first-order valence-electron chi connectivity index (χ1n) is 10.8. The molecule has 0 saturated carbocycles. The maximum atomic E-state index is 14.5. The number of anilines is 2. The van der Waals surface area contributed by atoms with Crippen LogP contribution in [0.15, 0.2) is 59.7 Å². The van der Waals surface area contributed by atoms with Gasteiger partial charge in [-0.05, 0) is 59.7 Å². The van der Waals surface area contributed by atoms with Crippen molar-refractivity contribution in [1.29, 1.82) is 0 Å². The van der Waals surface area contributed by atoms with E-state index in [4.69, 9.17) is 32.7 Å².